The highest BCUT2D eigenvalue weighted by molar-refractivity contribution is 8.00. The molecule has 6 aromatic carbocycles. The average Bonchev–Trinajstić information content (AvgIpc) is 1.28. The van der Waals surface area contributed by atoms with Gasteiger partial charge < -0.3 is 98.4 Å². The summed E-state index contributed by atoms with van der Waals surface area (Å²) in [6, 6.07) is 17.6. The van der Waals surface area contributed by atoms with Gasteiger partial charge in [-0.25, -0.2) is 13.2 Å². The van der Waals surface area contributed by atoms with Crippen molar-refractivity contribution in [3.8, 4) is 11.5 Å². The molecule has 0 unspecified atom stereocenters. The van der Waals surface area contributed by atoms with Crippen LogP contribution in [0.25, 0.3) is 10.9 Å². The highest BCUT2D eigenvalue weighted by Crippen LogP contribution is 2.26. The number of carboxylic acids is 1. The van der Waals surface area contributed by atoms with E-state index in [1.807, 2.05) is 0 Å². The number of phenolic OH excluding ortho intramolecular Hbond substituents is 2. The summed E-state index contributed by atoms with van der Waals surface area (Å²) in [6.07, 6.45) is -1.28. The summed E-state index contributed by atoms with van der Waals surface area (Å²) < 4.78 is 44.9. The predicted molar refractivity (Wildman–Crippen MR) is 482 cm³/mol. The number of likely N-dealkylation sites (N-methyl/N-ethyl adjacent to an activating group) is 5. The molecule has 39 heteroatoms. The second-order valence-corrected chi connectivity index (χ2v) is 34.5. The smallest absolute Gasteiger partial charge is 0.305 e. The van der Waals surface area contributed by atoms with E-state index in [1.54, 1.807) is 112 Å². The first-order valence-corrected chi connectivity index (χ1v) is 44.1. The number of unbranched alkanes of at least 4 members (excludes halogenated alkanes) is 1. The van der Waals surface area contributed by atoms with Crippen LogP contribution in [0.2, 0.25) is 0 Å². The normalized spacial score (nSPS) is 21.7. The molecule has 15 N–H and O–H groups in total. The van der Waals surface area contributed by atoms with E-state index in [-0.39, 0.29) is 68.4 Å². The van der Waals surface area contributed by atoms with Gasteiger partial charge in [0, 0.05) is 96.6 Å². The molecule has 7 aromatic rings. The van der Waals surface area contributed by atoms with Gasteiger partial charge in [-0.1, -0.05) is 151 Å². The lowest BCUT2D eigenvalue weighted by Gasteiger charge is -2.37. The Labute approximate surface area is 765 Å². The number of primary amides is 1. The van der Waals surface area contributed by atoms with Crippen molar-refractivity contribution in [2.75, 3.05) is 66.4 Å². The fourth-order valence-electron chi connectivity index (χ4n) is 15.1. The number of nitrogens with one attached hydrogen (secondary N) is 10. The van der Waals surface area contributed by atoms with Crippen LogP contribution in [0.1, 0.15) is 100 Å². The predicted octanol–water partition coefficient (Wildman–Crippen LogP) is 2.74. The quantitative estimate of drug-likeness (QED) is 0.0409. The number of H-pyrrole nitrogens is 1. The zero-order valence-electron chi connectivity index (χ0n) is 75.0. The number of thioether (sulfide) groups is 1. The van der Waals surface area contributed by atoms with Crippen LogP contribution >= 0.6 is 11.8 Å². The standard InChI is InChI=1S/C93H115F3N16O19S/c1-11-12-27-73-91(129)109(7)49-78(117)101-69(45-80(119)120)87(125)107-82(53(4)5)93(131)111(9)74(42-54-21-15-13-16-22-54)88(126)105-70(40-57-30-34-61(114)35-31-57)89(127)108(6)48-77(116)100-68(44-59-46-98-65-26-20-19-25-62(59)65)86(124)104-67(39-56-28-32-60(113)33-29-56)85(123)103-66(36-52(2)3)84(122)106-72(83(121)99-47-76(97)115)50-132-51-79(118)102-71(41-58-37-63(94)81(96)64(95)38-58)90(128)112(10)75(92(130)110(73)8)43-55-23-17-14-18-24-55/h13-26,28-35,37-38,46,52-53,66-75,82,98,113-114H,11-12,27,36,39-45,47-51H2,1-10H3,(H2,97,115)(H,99,121)(H,100,116)(H,101,117)(H,102,118)(H,103,123)(H,104,124)(H,105,126)(H,106,122)(H,107,125)(H,119,120)/t66-,67-,68-,69-,70-,71-,72-,73-,74-,75-,82-/m0/s1. The number of benzene rings is 6. The summed E-state index contributed by atoms with van der Waals surface area (Å²) in [5, 5.41) is 54.9. The summed E-state index contributed by atoms with van der Waals surface area (Å²) in [7, 11) is 6.11. The van der Waals surface area contributed by atoms with Crippen molar-refractivity contribution >= 4 is 117 Å². The second-order valence-electron chi connectivity index (χ2n) is 33.4. The highest BCUT2D eigenvalue weighted by atomic mass is 32.2. The zero-order chi connectivity index (χ0) is 96.9. The van der Waals surface area contributed by atoms with Gasteiger partial charge in [-0.3, -0.25) is 76.7 Å². The Bertz CT molecular complexity index is 5250. The maximum atomic E-state index is 15.5. The van der Waals surface area contributed by atoms with Crippen molar-refractivity contribution in [1.29, 1.82) is 0 Å². The minimum absolute atomic E-state index is 0.0736. The number of rotatable bonds is 23. The van der Waals surface area contributed by atoms with Gasteiger partial charge in [0.15, 0.2) is 17.5 Å². The highest BCUT2D eigenvalue weighted by Gasteiger charge is 2.43. The van der Waals surface area contributed by atoms with Gasteiger partial charge in [0.2, 0.25) is 88.6 Å². The van der Waals surface area contributed by atoms with E-state index in [4.69, 9.17) is 5.73 Å². The molecule has 15 amide bonds. The van der Waals surface area contributed by atoms with Crippen molar-refractivity contribution in [1.82, 2.24) is 77.3 Å². The summed E-state index contributed by atoms with van der Waals surface area (Å²) in [5.41, 5.74) is 7.84. The van der Waals surface area contributed by atoms with Gasteiger partial charge in [0.25, 0.3) is 0 Å². The lowest BCUT2D eigenvalue weighted by molar-refractivity contribution is -0.151. The third-order valence-corrected chi connectivity index (χ3v) is 23.3. The van der Waals surface area contributed by atoms with Gasteiger partial charge in [-0.05, 0) is 101 Å². The first-order valence-electron chi connectivity index (χ1n) is 43.0. The fraction of sp³-hybridized carbons (Fsp3) is 0.419. The molecule has 11 atom stereocenters. The summed E-state index contributed by atoms with van der Waals surface area (Å²) in [5.74, 6) is -24.7. The number of nitrogens with zero attached hydrogens (tertiary/aromatic N) is 5. The van der Waals surface area contributed by atoms with Gasteiger partial charge in [-0.15, -0.1) is 11.8 Å². The monoisotopic (exact) mass is 1850 g/mol. The third kappa shape index (κ3) is 30.4. The van der Waals surface area contributed by atoms with E-state index in [2.05, 4.69) is 52.8 Å². The second kappa shape index (κ2) is 49.2. The maximum Gasteiger partial charge on any atom is 0.305 e. The van der Waals surface area contributed by atoms with E-state index < -0.39 is 234 Å². The van der Waals surface area contributed by atoms with Crippen LogP contribution in [0.4, 0.5) is 13.2 Å². The van der Waals surface area contributed by atoms with E-state index in [9.17, 15) is 62.9 Å². The van der Waals surface area contributed by atoms with Crippen molar-refractivity contribution in [3.63, 3.8) is 0 Å². The molecule has 8 rings (SSSR count). The van der Waals surface area contributed by atoms with Gasteiger partial charge >= 0.3 is 5.97 Å². The number of phenols is 2. The summed E-state index contributed by atoms with van der Waals surface area (Å²) >= 11 is 0.666. The van der Waals surface area contributed by atoms with E-state index in [1.165, 1.54) is 97.6 Å². The van der Waals surface area contributed by atoms with Crippen LogP contribution < -0.4 is 53.6 Å². The number of aromatic hydroxyl groups is 2. The number of amides is 15. The molecule has 0 bridgehead atoms. The Kier molecular flexibility index (Phi) is 38.6. The molecule has 1 saturated heterocycles. The number of carbonyl (C=O) groups excluding carboxylic acids is 15. The molecule has 35 nitrogen and oxygen atoms in total. The number of para-hydroxylation sites is 1. The Morgan fingerprint density at radius 1 is 0.485 bits per heavy atom. The van der Waals surface area contributed by atoms with Crippen LogP contribution in [0.3, 0.4) is 0 Å². The minimum atomic E-state index is -1.96. The van der Waals surface area contributed by atoms with Gasteiger partial charge in [0.05, 0.1) is 31.8 Å². The maximum absolute atomic E-state index is 15.5. The summed E-state index contributed by atoms with van der Waals surface area (Å²) in [4.78, 5) is 243. The lowest BCUT2D eigenvalue weighted by Crippen LogP contribution is -2.61. The molecule has 132 heavy (non-hydrogen) atoms. The number of aromatic amines is 1. The van der Waals surface area contributed by atoms with Crippen LogP contribution in [0, 0.1) is 29.3 Å². The Morgan fingerprint density at radius 3 is 1.50 bits per heavy atom. The molecule has 0 spiro atoms. The SMILES string of the molecule is CCCC[C@H]1C(=O)N(C)CC(=O)N[C@@H](CC(=O)O)C(=O)N[C@@H](C(C)C)C(=O)N(C)[C@@H](Cc2ccccc2)C(=O)N[C@@H](Cc2ccc(O)cc2)C(=O)N(C)CC(=O)N[C@@H](Cc2c[nH]c3ccccc23)C(=O)N[C@@H](Cc2ccc(O)cc2)C(=O)N[C@@H](CC(C)C)C(=O)N[C@H](C(=O)NCC(N)=O)CSCC(=O)N[C@@H](Cc2cc(F)c(F)c(F)c2)C(=O)N(C)[C@@H](Cc2ccccc2)C(=O)N1C. The zero-order valence-corrected chi connectivity index (χ0v) is 75.8. The topological polar surface area (TPSA) is 500 Å². The largest absolute Gasteiger partial charge is 0.508 e. The number of aliphatic carboxylic acids is 1. The molecule has 1 aliphatic rings. The van der Waals surface area contributed by atoms with Gasteiger partial charge in [-0.2, -0.15) is 0 Å². The van der Waals surface area contributed by atoms with Crippen LogP contribution in [-0.4, -0.2) is 272 Å². The number of carbonyl (C=O) groups is 16. The molecule has 1 fully saturated rings. The van der Waals surface area contributed by atoms with E-state index >= 15 is 42.3 Å². The molecular weight excluding hydrogens is 1730 g/mol. The third-order valence-electron chi connectivity index (χ3n) is 22.3. The number of hydrogen-bond acceptors (Lipinski definition) is 19. The number of fused-ring (bicyclic) bond motifs is 1. The molecule has 1 aliphatic heterocycles. The van der Waals surface area contributed by atoms with Crippen molar-refractivity contribution < 1.29 is 105 Å². The summed E-state index contributed by atoms with van der Waals surface area (Å²) in [6.45, 7) is 5.76. The Morgan fingerprint density at radius 2 is 0.947 bits per heavy atom. The van der Waals surface area contributed by atoms with E-state index in [0.717, 1.165) is 24.5 Å². The molecular formula is C93H115F3N16O19S. The molecule has 0 saturated carbocycles. The molecule has 708 valence electrons. The van der Waals surface area contributed by atoms with Crippen molar-refractivity contribution in [3.05, 3.63) is 203 Å². The van der Waals surface area contributed by atoms with Crippen LogP contribution in [-0.2, 0) is 115 Å². The van der Waals surface area contributed by atoms with Crippen LogP contribution in [0.15, 0.2) is 152 Å². The number of hydrogen-bond donors (Lipinski definition) is 14. The number of aromatic nitrogens is 1. The Hall–Kier alpha value is -13.9. The minimum Gasteiger partial charge on any atom is -0.508 e. The van der Waals surface area contributed by atoms with Crippen LogP contribution in [0.5, 0.6) is 11.5 Å². The molecule has 2 heterocycles. The fourth-order valence-corrected chi connectivity index (χ4v) is 15.9. The van der Waals surface area contributed by atoms with E-state index in [0.29, 0.717) is 69.0 Å². The lowest BCUT2D eigenvalue weighted by atomic mass is 9.98. The van der Waals surface area contributed by atoms with Crippen molar-refractivity contribution in [2.24, 2.45) is 17.6 Å². The van der Waals surface area contributed by atoms with Crippen molar-refractivity contribution in [2.45, 2.75) is 172 Å². The van der Waals surface area contributed by atoms with Gasteiger partial charge in [0.1, 0.15) is 78.0 Å². The molecule has 0 aliphatic carbocycles. The molecule has 1 aromatic heterocycles. The number of halogens is 3. The number of nitrogens with two attached hydrogens (primary N) is 1. The first kappa shape index (κ1) is 103. The first-order chi connectivity index (χ1) is 62.6. The molecule has 0 radical (unpaired) electrons. The average molecular weight is 1850 g/mol. The number of carboxylic acid groups (broad SMARTS) is 1. The Balaban J connectivity index is 1.23.